The molecule has 0 saturated carbocycles. The van der Waals surface area contributed by atoms with Crippen LogP contribution in [0.3, 0.4) is 0 Å². The van der Waals surface area contributed by atoms with Crippen LogP contribution in [-0.4, -0.2) is 37.5 Å². The molecule has 2 rings (SSSR count). The maximum atomic E-state index is 12.4. The van der Waals surface area contributed by atoms with E-state index in [-0.39, 0.29) is 18.3 Å². The molecular weight excluding hydrogens is 283 g/mol. The SMILES string of the molecule is CNCC1CCN(C(=O)c2cccc(Cl)c2C)C1.Cl. The second kappa shape index (κ2) is 7.13. The van der Waals surface area contributed by atoms with Gasteiger partial charge >= 0.3 is 0 Å². The van der Waals surface area contributed by atoms with Crippen LogP contribution < -0.4 is 5.32 Å². The summed E-state index contributed by atoms with van der Waals surface area (Å²) < 4.78 is 0. The molecular formula is C14H20Cl2N2O. The van der Waals surface area contributed by atoms with E-state index in [0.29, 0.717) is 10.9 Å². The number of rotatable bonds is 3. The number of likely N-dealkylation sites (tertiary alicyclic amines) is 1. The van der Waals surface area contributed by atoms with Crippen LogP contribution in [0, 0.1) is 12.8 Å². The zero-order chi connectivity index (χ0) is 13.1. The van der Waals surface area contributed by atoms with E-state index >= 15 is 0 Å². The number of nitrogens with one attached hydrogen (secondary N) is 1. The van der Waals surface area contributed by atoms with Gasteiger partial charge in [-0.2, -0.15) is 0 Å². The van der Waals surface area contributed by atoms with Gasteiger partial charge in [0.25, 0.3) is 5.91 Å². The predicted molar refractivity (Wildman–Crippen MR) is 81.4 cm³/mol. The van der Waals surface area contributed by atoms with Gasteiger partial charge in [-0.3, -0.25) is 4.79 Å². The van der Waals surface area contributed by atoms with Crippen molar-refractivity contribution in [2.75, 3.05) is 26.7 Å². The van der Waals surface area contributed by atoms with Gasteiger partial charge in [-0.1, -0.05) is 17.7 Å². The first-order valence-electron chi connectivity index (χ1n) is 6.32. The van der Waals surface area contributed by atoms with E-state index in [1.54, 1.807) is 0 Å². The van der Waals surface area contributed by atoms with E-state index in [1.807, 2.05) is 37.1 Å². The lowest BCUT2D eigenvalue weighted by Crippen LogP contribution is -2.30. The average molecular weight is 303 g/mol. The molecule has 1 aliphatic rings. The van der Waals surface area contributed by atoms with Gasteiger partial charge in [-0.05, 0) is 50.6 Å². The summed E-state index contributed by atoms with van der Waals surface area (Å²) in [5.41, 5.74) is 1.61. The minimum Gasteiger partial charge on any atom is -0.338 e. The third-order valence-corrected chi connectivity index (χ3v) is 3.97. The average Bonchev–Trinajstić information content (AvgIpc) is 2.81. The number of benzene rings is 1. The second-order valence-electron chi connectivity index (χ2n) is 4.88. The summed E-state index contributed by atoms with van der Waals surface area (Å²) in [6, 6.07) is 5.51. The molecule has 1 amide bonds. The Hall–Kier alpha value is -0.770. The van der Waals surface area contributed by atoms with Gasteiger partial charge in [-0.25, -0.2) is 0 Å². The number of hydrogen-bond donors (Lipinski definition) is 1. The fourth-order valence-corrected chi connectivity index (χ4v) is 2.66. The summed E-state index contributed by atoms with van der Waals surface area (Å²) in [6.45, 7) is 4.55. The normalized spacial score (nSPS) is 18.3. The molecule has 0 radical (unpaired) electrons. The number of amides is 1. The third kappa shape index (κ3) is 3.62. The van der Waals surface area contributed by atoms with E-state index < -0.39 is 0 Å². The highest BCUT2D eigenvalue weighted by atomic mass is 35.5. The van der Waals surface area contributed by atoms with Crippen molar-refractivity contribution in [1.29, 1.82) is 0 Å². The van der Waals surface area contributed by atoms with Gasteiger partial charge in [0, 0.05) is 23.7 Å². The summed E-state index contributed by atoms with van der Waals surface area (Å²) in [6.07, 6.45) is 1.08. The molecule has 1 aromatic rings. The lowest BCUT2D eigenvalue weighted by molar-refractivity contribution is 0.0786. The maximum Gasteiger partial charge on any atom is 0.254 e. The lowest BCUT2D eigenvalue weighted by Gasteiger charge is -2.18. The Morgan fingerprint density at radius 3 is 2.95 bits per heavy atom. The Balaban J connectivity index is 0.00000180. The number of carbonyl (C=O) groups excluding carboxylic acids is 1. The van der Waals surface area contributed by atoms with Crippen LogP contribution in [0.2, 0.25) is 5.02 Å². The van der Waals surface area contributed by atoms with Gasteiger partial charge in [0.1, 0.15) is 0 Å². The molecule has 1 aromatic carbocycles. The molecule has 1 N–H and O–H groups in total. The molecule has 1 heterocycles. The van der Waals surface area contributed by atoms with Crippen molar-refractivity contribution in [2.24, 2.45) is 5.92 Å². The standard InChI is InChI=1S/C14H19ClN2O.ClH/c1-10-12(4-3-5-13(10)15)14(18)17-7-6-11(9-17)8-16-2;/h3-5,11,16H,6-9H2,1-2H3;1H. The smallest absolute Gasteiger partial charge is 0.254 e. The Bertz CT molecular complexity index is 451. The van der Waals surface area contributed by atoms with Crippen molar-refractivity contribution in [3.63, 3.8) is 0 Å². The molecule has 106 valence electrons. The van der Waals surface area contributed by atoms with Gasteiger partial charge < -0.3 is 10.2 Å². The van der Waals surface area contributed by atoms with Crippen LogP contribution in [0.15, 0.2) is 18.2 Å². The lowest BCUT2D eigenvalue weighted by atomic mass is 10.1. The molecule has 5 heteroatoms. The topological polar surface area (TPSA) is 32.3 Å². The van der Waals surface area contributed by atoms with Crippen LogP contribution in [0.5, 0.6) is 0 Å². The summed E-state index contributed by atoms with van der Waals surface area (Å²) in [7, 11) is 1.95. The zero-order valence-electron chi connectivity index (χ0n) is 11.3. The van der Waals surface area contributed by atoms with Crippen LogP contribution in [0.1, 0.15) is 22.3 Å². The highest BCUT2D eigenvalue weighted by molar-refractivity contribution is 6.31. The van der Waals surface area contributed by atoms with Gasteiger partial charge in [-0.15, -0.1) is 12.4 Å². The Labute approximate surface area is 125 Å². The summed E-state index contributed by atoms with van der Waals surface area (Å²) in [5.74, 6) is 0.673. The third-order valence-electron chi connectivity index (χ3n) is 3.56. The molecule has 1 fully saturated rings. The maximum absolute atomic E-state index is 12.4. The quantitative estimate of drug-likeness (QED) is 0.931. The van der Waals surface area contributed by atoms with Crippen LogP contribution >= 0.6 is 24.0 Å². The molecule has 1 unspecified atom stereocenters. The fourth-order valence-electron chi connectivity index (χ4n) is 2.48. The molecule has 0 aromatic heterocycles. The van der Waals surface area contributed by atoms with Crippen molar-refractivity contribution < 1.29 is 4.79 Å². The van der Waals surface area contributed by atoms with Gasteiger partial charge in [0.15, 0.2) is 0 Å². The van der Waals surface area contributed by atoms with Crippen LogP contribution in [-0.2, 0) is 0 Å². The first-order valence-corrected chi connectivity index (χ1v) is 6.70. The van der Waals surface area contributed by atoms with E-state index in [2.05, 4.69) is 5.32 Å². The first kappa shape index (κ1) is 16.3. The van der Waals surface area contributed by atoms with E-state index in [0.717, 1.165) is 37.2 Å². The summed E-state index contributed by atoms with van der Waals surface area (Å²) in [5, 5.41) is 3.83. The minimum absolute atomic E-state index is 0. The molecule has 1 atom stereocenters. The van der Waals surface area contributed by atoms with Crippen LogP contribution in [0.25, 0.3) is 0 Å². The molecule has 1 aliphatic heterocycles. The number of hydrogen-bond acceptors (Lipinski definition) is 2. The molecule has 3 nitrogen and oxygen atoms in total. The molecule has 0 aliphatic carbocycles. The van der Waals surface area contributed by atoms with Crippen LogP contribution in [0.4, 0.5) is 0 Å². The molecule has 1 saturated heterocycles. The number of halogens is 2. The highest BCUT2D eigenvalue weighted by Crippen LogP contribution is 2.23. The Kier molecular flexibility index (Phi) is 6.11. The first-order chi connectivity index (χ1) is 8.63. The van der Waals surface area contributed by atoms with Gasteiger partial charge in [0.2, 0.25) is 0 Å². The van der Waals surface area contributed by atoms with Crippen molar-refractivity contribution in [2.45, 2.75) is 13.3 Å². The highest BCUT2D eigenvalue weighted by Gasteiger charge is 2.27. The van der Waals surface area contributed by atoms with Crippen molar-refractivity contribution in [1.82, 2.24) is 10.2 Å². The molecule has 0 bridgehead atoms. The molecule has 19 heavy (non-hydrogen) atoms. The minimum atomic E-state index is 0. The van der Waals surface area contributed by atoms with E-state index in [4.69, 9.17) is 11.6 Å². The van der Waals surface area contributed by atoms with Crippen molar-refractivity contribution in [3.05, 3.63) is 34.3 Å². The summed E-state index contributed by atoms with van der Waals surface area (Å²) >= 11 is 6.06. The largest absolute Gasteiger partial charge is 0.338 e. The number of nitrogens with zero attached hydrogens (tertiary/aromatic N) is 1. The van der Waals surface area contributed by atoms with Crippen molar-refractivity contribution in [3.8, 4) is 0 Å². The monoisotopic (exact) mass is 302 g/mol. The van der Waals surface area contributed by atoms with E-state index in [9.17, 15) is 4.79 Å². The van der Waals surface area contributed by atoms with E-state index in [1.165, 1.54) is 0 Å². The van der Waals surface area contributed by atoms with Gasteiger partial charge in [0.05, 0.1) is 0 Å². The predicted octanol–water partition coefficient (Wildman–Crippen LogP) is 2.75. The molecule has 0 spiro atoms. The van der Waals surface area contributed by atoms with Crippen molar-refractivity contribution >= 4 is 29.9 Å². The Morgan fingerprint density at radius 1 is 1.53 bits per heavy atom. The number of carbonyl (C=O) groups is 1. The summed E-state index contributed by atoms with van der Waals surface area (Å²) in [4.78, 5) is 14.3. The zero-order valence-corrected chi connectivity index (χ0v) is 12.9. The second-order valence-corrected chi connectivity index (χ2v) is 5.28. The fraction of sp³-hybridized carbons (Fsp3) is 0.500. The Morgan fingerprint density at radius 2 is 2.26 bits per heavy atom.